The lowest BCUT2D eigenvalue weighted by Gasteiger charge is -2.13. The Morgan fingerprint density at radius 3 is 2.27 bits per heavy atom. The van der Waals surface area contributed by atoms with E-state index in [0.717, 1.165) is 12.7 Å². The lowest BCUT2D eigenvalue weighted by atomic mass is 10.1. The second-order valence-electron chi connectivity index (χ2n) is 5.23. The van der Waals surface area contributed by atoms with Gasteiger partial charge in [0, 0.05) is 6.42 Å². The average molecular weight is 582 g/mol. The minimum absolute atomic E-state index is 0.0321. The van der Waals surface area contributed by atoms with E-state index >= 15 is 0 Å². The Bertz CT molecular complexity index is 811. The van der Waals surface area contributed by atoms with Gasteiger partial charge in [-0.2, -0.15) is 0 Å². The molecule has 0 aliphatic rings. The van der Waals surface area contributed by atoms with Crippen LogP contribution >= 0.6 is 45.2 Å². The minimum Gasteiger partial charge on any atom is -0.496 e. The van der Waals surface area contributed by atoms with E-state index in [1.54, 1.807) is 12.1 Å². The monoisotopic (exact) mass is 582 g/mol. The highest BCUT2D eigenvalue weighted by Gasteiger charge is 2.15. The summed E-state index contributed by atoms with van der Waals surface area (Å²) in [6.07, 6.45) is 0.883. The highest BCUT2D eigenvalue weighted by atomic mass is 127. The van der Waals surface area contributed by atoms with Gasteiger partial charge in [-0.3, -0.25) is 4.79 Å². The summed E-state index contributed by atoms with van der Waals surface area (Å²) < 4.78 is 17.3. The molecule has 0 aromatic heterocycles. The Balaban J connectivity index is 2.26. The maximum absolute atomic E-state index is 11.3. The van der Waals surface area contributed by atoms with Gasteiger partial charge in [-0.15, -0.1) is 0 Å². The summed E-state index contributed by atoms with van der Waals surface area (Å²) in [6, 6.07) is 8.51. The second kappa shape index (κ2) is 9.40. The van der Waals surface area contributed by atoms with Crippen molar-refractivity contribution < 1.29 is 28.9 Å². The summed E-state index contributed by atoms with van der Waals surface area (Å²) in [7, 11) is 2.79. The quantitative estimate of drug-likeness (QED) is 0.383. The standard InChI is InChI=1S/C18H16I2O6/c1-24-15-5-4-11(9-12(15)18(22)23)26-17-13(19)7-10(8-14(17)20)3-6-16(21)25-2/h4-5,7-9H,3,6H2,1-2H3,(H,22,23). The van der Waals surface area contributed by atoms with Crippen LogP contribution in [0.25, 0.3) is 0 Å². The van der Waals surface area contributed by atoms with Crippen LogP contribution in [0.5, 0.6) is 17.2 Å². The highest BCUT2D eigenvalue weighted by molar-refractivity contribution is 14.1. The number of carboxylic acids is 1. The summed E-state index contributed by atoms with van der Waals surface area (Å²) in [5.74, 6) is -0.0344. The van der Waals surface area contributed by atoms with Gasteiger partial charge in [0.25, 0.3) is 0 Å². The van der Waals surface area contributed by atoms with Crippen molar-refractivity contribution in [3.63, 3.8) is 0 Å². The molecule has 0 spiro atoms. The van der Waals surface area contributed by atoms with Gasteiger partial charge >= 0.3 is 11.9 Å². The van der Waals surface area contributed by atoms with Crippen LogP contribution in [0, 0.1) is 7.14 Å². The zero-order valence-corrected chi connectivity index (χ0v) is 18.4. The molecule has 0 heterocycles. The average Bonchev–Trinajstić information content (AvgIpc) is 2.62. The number of ether oxygens (including phenoxy) is 3. The fourth-order valence-corrected chi connectivity index (χ4v) is 4.36. The van der Waals surface area contributed by atoms with Crippen LogP contribution < -0.4 is 9.47 Å². The molecule has 8 heteroatoms. The predicted molar refractivity (Wildman–Crippen MR) is 112 cm³/mol. The van der Waals surface area contributed by atoms with Crippen molar-refractivity contribution in [3.05, 3.63) is 48.6 Å². The van der Waals surface area contributed by atoms with Gasteiger partial charge in [0.15, 0.2) is 5.75 Å². The number of benzene rings is 2. The molecule has 2 aromatic carbocycles. The lowest BCUT2D eigenvalue weighted by molar-refractivity contribution is -0.140. The van der Waals surface area contributed by atoms with Crippen LogP contribution in [-0.2, 0) is 16.0 Å². The number of rotatable bonds is 7. The molecule has 0 atom stereocenters. The first-order valence-electron chi connectivity index (χ1n) is 7.49. The van der Waals surface area contributed by atoms with Gasteiger partial charge in [-0.05, 0) is 87.5 Å². The van der Waals surface area contributed by atoms with Crippen molar-refractivity contribution in [2.75, 3.05) is 14.2 Å². The summed E-state index contributed by atoms with van der Waals surface area (Å²) in [5, 5.41) is 9.28. The Labute approximate surface area is 178 Å². The smallest absolute Gasteiger partial charge is 0.339 e. The predicted octanol–water partition coefficient (Wildman–Crippen LogP) is 4.50. The van der Waals surface area contributed by atoms with Crippen LogP contribution in [0.1, 0.15) is 22.3 Å². The fraction of sp³-hybridized carbons (Fsp3) is 0.222. The number of hydrogen-bond acceptors (Lipinski definition) is 5. The summed E-state index contributed by atoms with van der Waals surface area (Å²) >= 11 is 4.31. The number of carbonyl (C=O) groups excluding carboxylic acids is 1. The maximum Gasteiger partial charge on any atom is 0.339 e. The van der Waals surface area contributed by atoms with E-state index in [1.165, 1.54) is 20.3 Å². The van der Waals surface area contributed by atoms with Gasteiger partial charge in [0.2, 0.25) is 0 Å². The largest absolute Gasteiger partial charge is 0.496 e. The molecule has 2 aromatic rings. The van der Waals surface area contributed by atoms with Crippen LogP contribution in [0.2, 0.25) is 0 Å². The van der Waals surface area contributed by atoms with Gasteiger partial charge < -0.3 is 19.3 Å². The third kappa shape index (κ3) is 5.22. The molecular formula is C18H16I2O6. The molecule has 0 aliphatic carbocycles. The van der Waals surface area contributed by atoms with Crippen molar-refractivity contribution in [1.29, 1.82) is 0 Å². The molecule has 0 aliphatic heterocycles. The fourth-order valence-electron chi connectivity index (χ4n) is 2.24. The van der Waals surface area contributed by atoms with Gasteiger partial charge in [0.05, 0.1) is 21.4 Å². The van der Waals surface area contributed by atoms with Crippen molar-refractivity contribution >= 4 is 57.1 Å². The number of aromatic carboxylic acids is 1. The molecule has 0 bridgehead atoms. The number of carboxylic acid groups (broad SMARTS) is 1. The Kier molecular flexibility index (Phi) is 7.50. The lowest BCUT2D eigenvalue weighted by Crippen LogP contribution is -2.03. The molecular weight excluding hydrogens is 566 g/mol. The Morgan fingerprint density at radius 2 is 1.73 bits per heavy atom. The molecule has 0 fully saturated rings. The van der Waals surface area contributed by atoms with Crippen molar-refractivity contribution in [3.8, 4) is 17.2 Å². The van der Waals surface area contributed by atoms with Gasteiger partial charge in [-0.1, -0.05) is 0 Å². The van der Waals surface area contributed by atoms with E-state index in [-0.39, 0.29) is 17.3 Å². The zero-order chi connectivity index (χ0) is 19.3. The summed E-state index contributed by atoms with van der Waals surface area (Å²) in [6.45, 7) is 0. The molecule has 0 saturated heterocycles. The molecule has 1 N–H and O–H groups in total. The number of hydrogen-bond donors (Lipinski definition) is 1. The topological polar surface area (TPSA) is 82.1 Å². The number of halogens is 2. The molecule has 0 amide bonds. The molecule has 138 valence electrons. The van der Waals surface area contributed by atoms with Crippen LogP contribution in [0.4, 0.5) is 0 Å². The first kappa shape index (κ1) is 20.7. The molecule has 0 radical (unpaired) electrons. The molecule has 2 rings (SSSR count). The molecule has 0 unspecified atom stereocenters. The van der Waals surface area contributed by atoms with E-state index in [1.807, 2.05) is 12.1 Å². The Morgan fingerprint density at radius 1 is 1.08 bits per heavy atom. The van der Waals surface area contributed by atoms with Crippen molar-refractivity contribution in [2.24, 2.45) is 0 Å². The Hall–Kier alpha value is -1.56. The minimum atomic E-state index is -1.09. The van der Waals surface area contributed by atoms with Crippen LogP contribution in [-0.4, -0.2) is 31.3 Å². The number of esters is 1. The van der Waals surface area contributed by atoms with E-state index in [4.69, 9.17) is 9.47 Å². The van der Waals surface area contributed by atoms with Gasteiger partial charge in [0.1, 0.15) is 17.1 Å². The third-order valence-corrected chi connectivity index (χ3v) is 5.13. The summed E-state index contributed by atoms with van der Waals surface area (Å²) in [5.41, 5.74) is 1.03. The van der Waals surface area contributed by atoms with E-state index < -0.39 is 5.97 Å². The number of carbonyl (C=O) groups is 2. The second-order valence-corrected chi connectivity index (χ2v) is 7.56. The zero-order valence-electron chi connectivity index (χ0n) is 14.0. The molecule has 6 nitrogen and oxygen atoms in total. The molecule has 26 heavy (non-hydrogen) atoms. The van der Waals surface area contributed by atoms with Crippen LogP contribution in [0.3, 0.4) is 0 Å². The number of methoxy groups -OCH3 is 2. The third-order valence-electron chi connectivity index (χ3n) is 3.52. The van der Waals surface area contributed by atoms with Crippen molar-refractivity contribution in [1.82, 2.24) is 0 Å². The van der Waals surface area contributed by atoms with E-state index in [0.29, 0.717) is 24.3 Å². The number of aryl methyl sites for hydroxylation is 1. The summed E-state index contributed by atoms with van der Waals surface area (Å²) in [4.78, 5) is 22.6. The van der Waals surface area contributed by atoms with Crippen molar-refractivity contribution in [2.45, 2.75) is 12.8 Å². The van der Waals surface area contributed by atoms with E-state index in [2.05, 4.69) is 49.9 Å². The maximum atomic E-state index is 11.3. The van der Waals surface area contributed by atoms with Crippen LogP contribution in [0.15, 0.2) is 30.3 Å². The first-order valence-corrected chi connectivity index (χ1v) is 9.65. The highest BCUT2D eigenvalue weighted by Crippen LogP contribution is 2.35. The normalized spacial score (nSPS) is 10.3. The molecule has 0 saturated carbocycles. The first-order chi connectivity index (χ1) is 12.3. The van der Waals surface area contributed by atoms with E-state index in [9.17, 15) is 14.7 Å². The SMILES string of the molecule is COC(=O)CCc1cc(I)c(Oc2ccc(OC)c(C(=O)O)c2)c(I)c1. The van der Waals surface area contributed by atoms with Gasteiger partial charge in [-0.25, -0.2) is 4.79 Å².